The predicted molar refractivity (Wildman–Crippen MR) is 40.0 cm³/mol. The predicted octanol–water partition coefficient (Wildman–Crippen LogP) is 0.694. The van der Waals surface area contributed by atoms with Gasteiger partial charge in [0.2, 0.25) is 0 Å². The van der Waals surface area contributed by atoms with Gasteiger partial charge in [0.15, 0.2) is 0 Å². The highest BCUT2D eigenvalue weighted by Crippen LogP contribution is 2.05. The number of hydrogen-bond acceptors (Lipinski definition) is 4. The standard InChI is InChI=1S/C4H6N2OS2/c1-8-2-3-5-6-4(7)9-3/h2H2,1H3,(H,6,7). The number of aromatic nitrogens is 2. The summed E-state index contributed by atoms with van der Waals surface area (Å²) in [6.07, 6.45) is 1.98. The first-order valence-electron chi connectivity index (χ1n) is 2.36. The maximum atomic E-state index is 10.5. The van der Waals surface area contributed by atoms with Crippen molar-refractivity contribution in [2.75, 3.05) is 6.26 Å². The minimum Gasteiger partial charge on any atom is -0.255 e. The van der Waals surface area contributed by atoms with Gasteiger partial charge in [-0.25, -0.2) is 5.10 Å². The van der Waals surface area contributed by atoms with Crippen molar-refractivity contribution in [2.24, 2.45) is 0 Å². The second kappa shape index (κ2) is 3.03. The molecule has 5 heteroatoms. The number of nitrogens with one attached hydrogen (secondary N) is 1. The molecule has 1 heterocycles. The first-order chi connectivity index (χ1) is 4.33. The summed E-state index contributed by atoms with van der Waals surface area (Å²) in [5.41, 5.74) is 0. The van der Waals surface area contributed by atoms with Gasteiger partial charge in [-0.05, 0) is 6.26 Å². The Kier molecular flexibility index (Phi) is 2.29. The topological polar surface area (TPSA) is 45.8 Å². The van der Waals surface area contributed by atoms with E-state index in [0.29, 0.717) is 0 Å². The molecule has 1 rings (SSSR count). The van der Waals surface area contributed by atoms with Crippen molar-refractivity contribution in [3.05, 3.63) is 14.7 Å². The summed E-state index contributed by atoms with van der Waals surface area (Å²) in [7, 11) is 0. The van der Waals surface area contributed by atoms with Gasteiger partial charge in [-0.2, -0.15) is 16.9 Å². The largest absolute Gasteiger partial charge is 0.322 e. The SMILES string of the molecule is CSCc1n[nH]c(=O)s1. The molecule has 0 fully saturated rings. The van der Waals surface area contributed by atoms with Gasteiger partial charge in [-0.15, -0.1) is 0 Å². The van der Waals surface area contributed by atoms with Crippen LogP contribution in [0.5, 0.6) is 0 Å². The molecule has 0 unspecified atom stereocenters. The van der Waals surface area contributed by atoms with Crippen LogP contribution in [0.1, 0.15) is 5.01 Å². The summed E-state index contributed by atoms with van der Waals surface area (Å²) in [5.74, 6) is 0.823. The van der Waals surface area contributed by atoms with Gasteiger partial charge >= 0.3 is 4.87 Å². The van der Waals surface area contributed by atoms with Crippen LogP contribution in [0, 0.1) is 0 Å². The number of rotatable bonds is 2. The molecule has 9 heavy (non-hydrogen) atoms. The molecule has 1 aromatic heterocycles. The first kappa shape index (κ1) is 6.82. The Bertz CT molecular complexity index is 228. The van der Waals surface area contributed by atoms with Gasteiger partial charge in [-0.3, -0.25) is 4.79 Å². The Hall–Kier alpha value is -0.290. The molecule has 0 saturated carbocycles. The number of thioether (sulfide) groups is 1. The molecule has 0 aliphatic heterocycles. The van der Waals surface area contributed by atoms with E-state index in [-0.39, 0.29) is 4.87 Å². The van der Waals surface area contributed by atoms with Crippen molar-refractivity contribution in [3.63, 3.8) is 0 Å². The van der Waals surface area contributed by atoms with Crippen LogP contribution in [0.25, 0.3) is 0 Å². The van der Waals surface area contributed by atoms with Crippen molar-refractivity contribution in [3.8, 4) is 0 Å². The fraction of sp³-hybridized carbons (Fsp3) is 0.500. The molecule has 0 atom stereocenters. The van der Waals surface area contributed by atoms with Crippen molar-refractivity contribution in [1.82, 2.24) is 10.2 Å². The molecular formula is C4H6N2OS2. The van der Waals surface area contributed by atoms with Crippen LogP contribution >= 0.6 is 23.1 Å². The van der Waals surface area contributed by atoms with E-state index in [0.717, 1.165) is 10.8 Å². The molecule has 0 aromatic carbocycles. The zero-order valence-corrected chi connectivity index (χ0v) is 6.51. The molecule has 0 aliphatic carbocycles. The van der Waals surface area contributed by atoms with Crippen molar-refractivity contribution >= 4 is 23.1 Å². The molecule has 0 saturated heterocycles. The lowest BCUT2D eigenvalue weighted by Crippen LogP contribution is -1.90. The third-order valence-electron chi connectivity index (χ3n) is 0.750. The third-order valence-corrected chi connectivity index (χ3v) is 2.24. The Morgan fingerprint density at radius 1 is 1.89 bits per heavy atom. The van der Waals surface area contributed by atoms with E-state index < -0.39 is 0 Å². The van der Waals surface area contributed by atoms with Crippen LogP contribution in [0.2, 0.25) is 0 Å². The normalized spacial score (nSPS) is 9.89. The number of nitrogens with zero attached hydrogens (tertiary/aromatic N) is 1. The smallest absolute Gasteiger partial charge is 0.255 e. The van der Waals surface area contributed by atoms with Crippen LogP contribution < -0.4 is 4.87 Å². The van der Waals surface area contributed by atoms with Crippen LogP contribution in [0.4, 0.5) is 0 Å². The van der Waals surface area contributed by atoms with E-state index >= 15 is 0 Å². The summed E-state index contributed by atoms with van der Waals surface area (Å²) < 4.78 is 0. The van der Waals surface area contributed by atoms with Crippen molar-refractivity contribution < 1.29 is 0 Å². The zero-order chi connectivity index (χ0) is 6.69. The van der Waals surface area contributed by atoms with Crippen molar-refractivity contribution in [2.45, 2.75) is 5.75 Å². The van der Waals surface area contributed by atoms with Gasteiger partial charge in [-0.1, -0.05) is 11.3 Å². The average molecular weight is 162 g/mol. The Balaban J connectivity index is 2.73. The second-order valence-electron chi connectivity index (χ2n) is 1.44. The fourth-order valence-electron chi connectivity index (χ4n) is 0.446. The van der Waals surface area contributed by atoms with Crippen LogP contribution in [0.15, 0.2) is 4.79 Å². The van der Waals surface area contributed by atoms with Crippen molar-refractivity contribution in [1.29, 1.82) is 0 Å². The summed E-state index contributed by atoms with van der Waals surface area (Å²) in [6, 6.07) is 0. The molecule has 0 spiro atoms. The van der Waals surface area contributed by atoms with Gasteiger partial charge in [0.05, 0.1) is 0 Å². The van der Waals surface area contributed by atoms with Gasteiger partial charge < -0.3 is 0 Å². The summed E-state index contributed by atoms with van der Waals surface area (Å²) in [6.45, 7) is 0. The third kappa shape index (κ3) is 1.83. The van der Waals surface area contributed by atoms with E-state index in [2.05, 4.69) is 10.2 Å². The van der Waals surface area contributed by atoms with E-state index in [1.807, 2.05) is 6.26 Å². The highest BCUT2D eigenvalue weighted by molar-refractivity contribution is 7.97. The molecule has 1 N–H and O–H groups in total. The Morgan fingerprint density at radius 2 is 2.67 bits per heavy atom. The molecule has 0 bridgehead atoms. The summed E-state index contributed by atoms with van der Waals surface area (Å²) in [5, 5.41) is 6.99. The average Bonchev–Trinajstić information content (AvgIpc) is 2.17. The first-order valence-corrected chi connectivity index (χ1v) is 4.57. The maximum absolute atomic E-state index is 10.5. The molecule has 50 valence electrons. The van der Waals surface area contributed by atoms with Gasteiger partial charge in [0, 0.05) is 5.75 Å². The van der Waals surface area contributed by atoms with Crippen LogP contribution in [0.3, 0.4) is 0 Å². The zero-order valence-electron chi connectivity index (χ0n) is 4.88. The minimum absolute atomic E-state index is 0.0703. The molecule has 0 amide bonds. The summed E-state index contributed by atoms with van der Waals surface area (Å²) in [4.78, 5) is 10.4. The Labute approximate surface area is 60.5 Å². The lowest BCUT2D eigenvalue weighted by atomic mass is 10.9. The maximum Gasteiger partial charge on any atom is 0.322 e. The van der Waals surface area contributed by atoms with E-state index in [1.54, 1.807) is 11.8 Å². The second-order valence-corrected chi connectivity index (χ2v) is 3.35. The lowest BCUT2D eigenvalue weighted by Gasteiger charge is -1.82. The highest BCUT2D eigenvalue weighted by atomic mass is 32.2. The van der Waals surface area contributed by atoms with Crippen LogP contribution in [-0.2, 0) is 5.75 Å². The van der Waals surface area contributed by atoms with E-state index in [9.17, 15) is 4.79 Å². The minimum atomic E-state index is -0.0703. The monoisotopic (exact) mass is 162 g/mol. The lowest BCUT2D eigenvalue weighted by molar-refractivity contribution is 1.02. The Morgan fingerprint density at radius 3 is 3.11 bits per heavy atom. The molecule has 3 nitrogen and oxygen atoms in total. The highest BCUT2D eigenvalue weighted by Gasteiger charge is 1.95. The van der Waals surface area contributed by atoms with Gasteiger partial charge in [0.1, 0.15) is 5.01 Å². The molecular weight excluding hydrogens is 156 g/mol. The summed E-state index contributed by atoms with van der Waals surface area (Å²) >= 11 is 2.83. The van der Waals surface area contributed by atoms with E-state index in [4.69, 9.17) is 0 Å². The van der Waals surface area contributed by atoms with E-state index in [1.165, 1.54) is 11.3 Å². The number of H-pyrrole nitrogens is 1. The molecule has 0 aliphatic rings. The van der Waals surface area contributed by atoms with Gasteiger partial charge in [0.25, 0.3) is 0 Å². The number of hydrogen-bond donors (Lipinski definition) is 1. The molecule has 1 aromatic rings. The van der Waals surface area contributed by atoms with Crippen LogP contribution in [-0.4, -0.2) is 16.5 Å². The molecule has 0 radical (unpaired) electrons. The quantitative estimate of drug-likeness (QED) is 0.696. The number of aromatic amines is 1. The fourth-order valence-corrected chi connectivity index (χ4v) is 1.74.